The number of hydrogen-bond donors (Lipinski definition) is 1. The molecule has 0 radical (unpaired) electrons. The number of aromatic nitrogens is 1. The first-order valence-corrected chi connectivity index (χ1v) is 8.95. The smallest absolute Gasteiger partial charge is 0.311 e. The zero-order chi connectivity index (χ0) is 15.9. The van der Waals surface area contributed by atoms with Gasteiger partial charge in [-0.3, -0.25) is 9.69 Å². The maximum Gasteiger partial charge on any atom is 0.311 e. The molecule has 1 saturated heterocycles. The van der Waals surface area contributed by atoms with Gasteiger partial charge in [0.1, 0.15) is 5.01 Å². The highest BCUT2D eigenvalue weighted by molar-refractivity contribution is 7.15. The molecule has 5 heteroatoms. The van der Waals surface area contributed by atoms with Crippen LogP contribution in [0.5, 0.6) is 0 Å². The molecule has 2 heterocycles. The third kappa shape index (κ3) is 2.58. The number of carbonyl (C=O) groups is 1. The summed E-state index contributed by atoms with van der Waals surface area (Å²) in [5.74, 6) is -0.279. The Kier molecular flexibility index (Phi) is 3.70. The molecule has 2 aromatic rings. The lowest BCUT2D eigenvalue weighted by Crippen LogP contribution is -2.35. The van der Waals surface area contributed by atoms with Gasteiger partial charge in [0.05, 0.1) is 5.41 Å². The third-order valence-electron chi connectivity index (χ3n) is 5.32. The van der Waals surface area contributed by atoms with Crippen LogP contribution in [0.3, 0.4) is 0 Å². The second-order valence-corrected chi connectivity index (χ2v) is 7.83. The van der Waals surface area contributed by atoms with E-state index < -0.39 is 11.4 Å². The Balaban J connectivity index is 1.48. The predicted octanol–water partition coefficient (Wildman–Crippen LogP) is 3.50. The Morgan fingerprint density at radius 3 is 2.96 bits per heavy atom. The Labute approximate surface area is 139 Å². The van der Waals surface area contributed by atoms with Gasteiger partial charge in [0.15, 0.2) is 0 Å². The molecular formula is C18H20N2O2S. The molecule has 4 nitrogen and oxygen atoms in total. The lowest BCUT2D eigenvalue weighted by atomic mass is 9.81. The molecule has 23 heavy (non-hydrogen) atoms. The van der Waals surface area contributed by atoms with E-state index in [1.807, 2.05) is 24.4 Å². The van der Waals surface area contributed by atoms with Gasteiger partial charge >= 0.3 is 5.97 Å². The van der Waals surface area contributed by atoms with Crippen molar-refractivity contribution in [2.75, 3.05) is 13.1 Å². The fourth-order valence-corrected chi connectivity index (χ4v) is 5.14. The lowest BCUT2D eigenvalue weighted by molar-refractivity contribution is -0.149. The van der Waals surface area contributed by atoms with Crippen molar-refractivity contribution in [2.45, 2.75) is 25.8 Å². The average Bonchev–Trinajstić information content (AvgIpc) is 3.22. The van der Waals surface area contributed by atoms with Crippen molar-refractivity contribution in [2.24, 2.45) is 11.3 Å². The average molecular weight is 328 g/mol. The van der Waals surface area contributed by atoms with Gasteiger partial charge in [-0.2, -0.15) is 0 Å². The fourth-order valence-electron chi connectivity index (χ4n) is 4.18. The number of fused-ring (bicyclic) bond motifs is 1. The van der Waals surface area contributed by atoms with Gasteiger partial charge < -0.3 is 5.11 Å². The molecule has 1 aromatic heterocycles. The summed E-state index contributed by atoms with van der Waals surface area (Å²) >= 11 is 1.71. The van der Waals surface area contributed by atoms with Crippen LogP contribution in [0.4, 0.5) is 0 Å². The topological polar surface area (TPSA) is 53.4 Å². The quantitative estimate of drug-likeness (QED) is 0.933. The van der Waals surface area contributed by atoms with Gasteiger partial charge in [0, 0.05) is 36.3 Å². The van der Waals surface area contributed by atoms with Crippen LogP contribution in [0.25, 0.3) is 10.6 Å². The molecule has 2 fully saturated rings. The molecule has 4 rings (SSSR count). The second-order valence-electron chi connectivity index (χ2n) is 6.72. The lowest BCUT2D eigenvalue weighted by Gasteiger charge is -2.23. The molecule has 1 aliphatic carbocycles. The number of likely N-dealkylation sites (tertiary alicyclic amines) is 1. The molecule has 1 N–H and O–H groups in total. The van der Waals surface area contributed by atoms with Crippen LogP contribution >= 0.6 is 11.3 Å². The van der Waals surface area contributed by atoms with Gasteiger partial charge in [0.25, 0.3) is 0 Å². The monoisotopic (exact) mass is 328 g/mol. The van der Waals surface area contributed by atoms with Gasteiger partial charge in [-0.05, 0) is 18.8 Å². The number of hydrogen-bond acceptors (Lipinski definition) is 4. The minimum atomic E-state index is -0.600. The summed E-state index contributed by atoms with van der Waals surface area (Å²) in [6.45, 7) is 2.41. The van der Waals surface area contributed by atoms with Crippen LogP contribution in [0.15, 0.2) is 36.5 Å². The normalized spacial score (nSPS) is 27.2. The molecule has 2 aliphatic rings. The first-order chi connectivity index (χ1) is 11.2. The zero-order valence-corrected chi connectivity index (χ0v) is 13.8. The summed E-state index contributed by atoms with van der Waals surface area (Å²) < 4.78 is 0. The number of nitrogens with zero attached hydrogens (tertiary/aromatic N) is 2. The molecule has 0 unspecified atom stereocenters. The second kappa shape index (κ2) is 5.73. The number of rotatable bonds is 4. The van der Waals surface area contributed by atoms with Crippen molar-refractivity contribution in [1.82, 2.24) is 9.88 Å². The highest BCUT2D eigenvalue weighted by atomic mass is 32.1. The molecular weight excluding hydrogens is 308 g/mol. The van der Waals surface area contributed by atoms with Crippen molar-refractivity contribution in [3.05, 3.63) is 41.4 Å². The molecule has 1 aliphatic heterocycles. The molecule has 0 amide bonds. The standard InChI is InChI=1S/C18H20N2O2S/c21-17(22)18-8-4-7-14(18)10-20(12-18)11-15-9-19-16(23-15)13-5-2-1-3-6-13/h1-3,5-6,9,14H,4,7-8,10-12H2,(H,21,22)/t14-,18+/m0/s1. The number of carboxylic acids is 1. The van der Waals surface area contributed by atoms with Crippen LogP contribution in [0, 0.1) is 11.3 Å². The molecule has 0 spiro atoms. The van der Waals surface area contributed by atoms with Crippen molar-refractivity contribution in [3.63, 3.8) is 0 Å². The van der Waals surface area contributed by atoms with Crippen LogP contribution in [-0.4, -0.2) is 34.0 Å². The van der Waals surface area contributed by atoms with E-state index in [2.05, 4.69) is 22.0 Å². The summed E-state index contributed by atoms with van der Waals surface area (Å²) in [7, 11) is 0. The van der Waals surface area contributed by atoms with Crippen molar-refractivity contribution in [1.29, 1.82) is 0 Å². The van der Waals surface area contributed by atoms with Gasteiger partial charge in [-0.1, -0.05) is 36.8 Å². The molecule has 1 saturated carbocycles. The molecule has 120 valence electrons. The highest BCUT2D eigenvalue weighted by Crippen LogP contribution is 2.49. The Morgan fingerprint density at radius 1 is 1.39 bits per heavy atom. The fraction of sp³-hybridized carbons (Fsp3) is 0.444. The molecule has 0 bridgehead atoms. The van der Waals surface area contributed by atoms with E-state index in [9.17, 15) is 9.90 Å². The largest absolute Gasteiger partial charge is 0.481 e. The van der Waals surface area contributed by atoms with E-state index in [1.165, 1.54) is 4.88 Å². The van der Waals surface area contributed by atoms with Crippen LogP contribution in [0.2, 0.25) is 0 Å². The zero-order valence-electron chi connectivity index (χ0n) is 12.9. The number of thiazole rings is 1. The first kappa shape index (κ1) is 14.8. The number of aliphatic carboxylic acids is 1. The Hall–Kier alpha value is -1.72. The van der Waals surface area contributed by atoms with Gasteiger partial charge in [-0.15, -0.1) is 11.3 Å². The van der Waals surface area contributed by atoms with Crippen LogP contribution in [0.1, 0.15) is 24.1 Å². The number of benzene rings is 1. The molecule has 2 atom stereocenters. The van der Waals surface area contributed by atoms with Gasteiger partial charge in [-0.25, -0.2) is 4.98 Å². The van der Waals surface area contributed by atoms with Crippen molar-refractivity contribution in [3.8, 4) is 10.6 Å². The third-order valence-corrected chi connectivity index (χ3v) is 6.35. The summed E-state index contributed by atoms with van der Waals surface area (Å²) in [6.07, 6.45) is 4.89. The van der Waals surface area contributed by atoms with E-state index in [4.69, 9.17) is 0 Å². The van der Waals surface area contributed by atoms with E-state index in [0.29, 0.717) is 12.5 Å². The first-order valence-electron chi connectivity index (χ1n) is 8.13. The minimum absolute atomic E-state index is 0.321. The van der Waals surface area contributed by atoms with Crippen molar-refractivity contribution < 1.29 is 9.90 Å². The van der Waals surface area contributed by atoms with E-state index in [1.54, 1.807) is 11.3 Å². The highest BCUT2D eigenvalue weighted by Gasteiger charge is 2.54. The summed E-state index contributed by atoms with van der Waals surface area (Å²) in [4.78, 5) is 19.8. The summed E-state index contributed by atoms with van der Waals surface area (Å²) in [5, 5.41) is 10.7. The van der Waals surface area contributed by atoms with E-state index in [-0.39, 0.29) is 0 Å². The van der Waals surface area contributed by atoms with E-state index in [0.717, 1.165) is 42.9 Å². The Morgan fingerprint density at radius 2 is 2.22 bits per heavy atom. The number of carboxylic acid groups (broad SMARTS) is 1. The molecule has 1 aromatic carbocycles. The van der Waals surface area contributed by atoms with Crippen molar-refractivity contribution >= 4 is 17.3 Å². The minimum Gasteiger partial charge on any atom is -0.481 e. The van der Waals surface area contributed by atoms with E-state index >= 15 is 0 Å². The van der Waals surface area contributed by atoms with Crippen LogP contribution < -0.4 is 0 Å². The predicted molar refractivity (Wildman–Crippen MR) is 90.2 cm³/mol. The maximum absolute atomic E-state index is 11.8. The summed E-state index contributed by atoms with van der Waals surface area (Å²) in [6, 6.07) is 10.2. The van der Waals surface area contributed by atoms with Gasteiger partial charge in [0.2, 0.25) is 0 Å². The summed E-state index contributed by atoms with van der Waals surface area (Å²) in [5.41, 5.74) is 0.650. The Bertz CT molecular complexity index is 715. The maximum atomic E-state index is 11.8. The van der Waals surface area contributed by atoms with Crippen LogP contribution in [-0.2, 0) is 11.3 Å². The SMILES string of the molecule is O=C(O)[C@@]12CCC[C@H]1CN(Cc1cnc(-c3ccccc3)s1)C2.